The predicted molar refractivity (Wildman–Crippen MR) is 53.4 cm³/mol. The van der Waals surface area contributed by atoms with E-state index in [9.17, 15) is 0 Å². The van der Waals surface area contributed by atoms with Crippen molar-refractivity contribution in [2.24, 2.45) is 5.92 Å². The van der Waals surface area contributed by atoms with Crippen molar-refractivity contribution in [3.05, 3.63) is 0 Å². The van der Waals surface area contributed by atoms with Crippen molar-refractivity contribution in [3.63, 3.8) is 0 Å². The summed E-state index contributed by atoms with van der Waals surface area (Å²) in [6.45, 7) is 11.8. The quantitative estimate of drug-likeness (QED) is 0.669. The van der Waals surface area contributed by atoms with Crippen LogP contribution in [-0.2, 0) is 0 Å². The van der Waals surface area contributed by atoms with Gasteiger partial charge in [-0.25, -0.2) is 0 Å². The van der Waals surface area contributed by atoms with Gasteiger partial charge in [0.2, 0.25) is 0 Å². The lowest BCUT2D eigenvalue weighted by Crippen LogP contribution is -2.44. The highest BCUT2D eigenvalue weighted by Crippen LogP contribution is 2.11. The Bertz CT molecular complexity index is 121. The van der Waals surface area contributed by atoms with Crippen LogP contribution in [-0.4, -0.2) is 37.1 Å². The van der Waals surface area contributed by atoms with E-state index in [4.69, 9.17) is 0 Å². The Hall–Kier alpha value is -0.0800. The monoisotopic (exact) mass is 170 g/mol. The van der Waals surface area contributed by atoms with E-state index >= 15 is 0 Å². The maximum Gasteiger partial charge on any atom is 0.00764 e. The van der Waals surface area contributed by atoms with Gasteiger partial charge in [-0.1, -0.05) is 13.8 Å². The molecular formula is C10H22N2. The number of likely N-dealkylation sites (tertiary alicyclic amines) is 1. The van der Waals surface area contributed by atoms with Crippen LogP contribution in [0.15, 0.2) is 0 Å². The van der Waals surface area contributed by atoms with Crippen molar-refractivity contribution in [2.75, 3.05) is 26.2 Å². The van der Waals surface area contributed by atoms with Crippen molar-refractivity contribution in [1.29, 1.82) is 0 Å². The molecule has 1 saturated heterocycles. The Morgan fingerprint density at radius 3 is 2.42 bits per heavy atom. The summed E-state index contributed by atoms with van der Waals surface area (Å²) in [7, 11) is 0. The summed E-state index contributed by atoms with van der Waals surface area (Å²) in [5.74, 6) is 0.783. The molecule has 0 radical (unpaired) electrons. The van der Waals surface area contributed by atoms with Crippen LogP contribution in [0.5, 0.6) is 0 Å². The van der Waals surface area contributed by atoms with Gasteiger partial charge in [-0.15, -0.1) is 0 Å². The Balaban J connectivity index is 2.12. The van der Waals surface area contributed by atoms with Crippen molar-refractivity contribution >= 4 is 0 Å². The number of nitrogens with one attached hydrogen (secondary N) is 1. The minimum absolute atomic E-state index is 0.663. The van der Waals surface area contributed by atoms with E-state index in [0.717, 1.165) is 12.5 Å². The summed E-state index contributed by atoms with van der Waals surface area (Å²) in [5.41, 5.74) is 0. The van der Waals surface area contributed by atoms with E-state index in [-0.39, 0.29) is 0 Å². The normalized spacial score (nSPS) is 23.2. The highest BCUT2D eigenvalue weighted by molar-refractivity contribution is 4.76. The summed E-state index contributed by atoms with van der Waals surface area (Å²) in [6, 6.07) is 0.663. The molecule has 0 aliphatic carbocycles. The molecule has 0 aromatic rings. The molecule has 0 saturated carbocycles. The van der Waals surface area contributed by atoms with Crippen LogP contribution >= 0.6 is 0 Å². The van der Waals surface area contributed by atoms with Gasteiger partial charge in [0.25, 0.3) is 0 Å². The second-order valence-corrected chi connectivity index (χ2v) is 3.98. The van der Waals surface area contributed by atoms with E-state index in [2.05, 4.69) is 31.0 Å². The average Bonchev–Trinajstić information content (AvgIpc) is 1.97. The molecule has 0 spiro atoms. The lowest BCUT2D eigenvalue weighted by Gasteiger charge is -2.35. The summed E-state index contributed by atoms with van der Waals surface area (Å²) in [5, 5.41) is 3.47. The molecule has 2 nitrogen and oxygen atoms in total. The van der Waals surface area contributed by atoms with E-state index in [1.165, 1.54) is 26.1 Å². The first-order chi connectivity index (χ1) is 5.74. The Labute approximate surface area is 76.3 Å². The molecule has 1 N–H and O–H groups in total. The molecule has 1 aliphatic heterocycles. The Morgan fingerprint density at radius 2 is 2.00 bits per heavy atom. The maximum absolute atomic E-state index is 3.47. The fourth-order valence-electron chi connectivity index (χ4n) is 1.65. The van der Waals surface area contributed by atoms with Crippen LogP contribution < -0.4 is 5.32 Å². The van der Waals surface area contributed by atoms with Gasteiger partial charge >= 0.3 is 0 Å². The van der Waals surface area contributed by atoms with Crippen molar-refractivity contribution in [2.45, 2.75) is 33.2 Å². The molecule has 1 aliphatic rings. The van der Waals surface area contributed by atoms with Crippen LogP contribution in [0.3, 0.4) is 0 Å². The van der Waals surface area contributed by atoms with Crippen LogP contribution in [0.25, 0.3) is 0 Å². The third kappa shape index (κ3) is 2.76. The van der Waals surface area contributed by atoms with Gasteiger partial charge in [-0.3, -0.25) is 0 Å². The first-order valence-corrected chi connectivity index (χ1v) is 5.19. The minimum Gasteiger partial charge on any atom is -0.314 e. The van der Waals surface area contributed by atoms with Gasteiger partial charge in [-0.2, -0.15) is 0 Å². The zero-order chi connectivity index (χ0) is 8.97. The van der Waals surface area contributed by atoms with Crippen molar-refractivity contribution in [1.82, 2.24) is 10.2 Å². The number of hydrogen-bond donors (Lipinski definition) is 1. The van der Waals surface area contributed by atoms with Crippen LogP contribution in [0.1, 0.15) is 27.2 Å². The topological polar surface area (TPSA) is 15.3 Å². The van der Waals surface area contributed by atoms with Gasteiger partial charge < -0.3 is 10.2 Å². The molecule has 1 heterocycles. The highest BCUT2D eigenvalue weighted by atomic mass is 15.2. The highest BCUT2D eigenvalue weighted by Gasteiger charge is 2.19. The number of nitrogens with zero attached hydrogens (tertiary/aromatic N) is 1. The van der Waals surface area contributed by atoms with Gasteiger partial charge in [0, 0.05) is 12.6 Å². The zero-order valence-corrected chi connectivity index (χ0v) is 8.64. The summed E-state index contributed by atoms with van der Waals surface area (Å²) >= 11 is 0. The lowest BCUT2D eigenvalue weighted by molar-refractivity contribution is 0.145. The number of rotatable bonds is 5. The van der Waals surface area contributed by atoms with E-state index in [1.54, 1.807) is 0 Å². The van der Waals surface area contributed by atoms with Gasteiger partial charge in [0.15, 0.2) is 0 Å². The second kappa shape index (κ2) is 4.83. The van der Waals surface area contributed by atoms with E-state index < -0.39 is 0 Å². The molecule has 12 heavy (non-hydrogen) atoms. The third-order valence-corrected chi connectivity index (χ3v) is 2.87. The molecule has 1 rings (SSSR count). The molecule has 2 atom stereocenters. The maximum atomic E-state index is 3.47. The van der Waals surface area contributed by atoms with Crippen LogP contribution in [0, 0.1) is 5.92 Å². The third-order valence-electron chi connectivity index (χ3n) is 2.87. The van der Waals surface area contributed by atoms with Gasteiger partial charge in [-0.05, 0) is 38.9 Å². The minimum atomic E-state index is 0.663. The zero-order valence-electron chi connectivity index (χ0n) is 8.64. The van der Waals surface area contributed by atoms with Crippen LogP contribution in [0.4, 0.5) is 0 Å². The first-order valence-electron chi connectivity index (χ1n) is 5.19. The van der Waals surface area contributed by atoms with Crippen molar-refractivity contribution in [3.8, 4) is 0 Å². The molecule has 2 heteroatoms. The standard InChI is InChI=1S/C10H22N2/c1-4-11-10(3)9(2)8-12-6-5-7-12/h9-11H,4-8H2,1-3H3. The lowest BCUT2D eigenvalue weighted by atomic mass is 10.0. The molecule has 0 amide bonds. The average molecular weight is 170 g/mol. The summed E-state index contributed by atoms with van der Waals surface area (Å²) in [6.07, 6.45) is 1.41. The summed E-state index contributed by atoms with van der Waals surface area (Å²) in [4.78, 5) is 2.54. The molecule has 1 fully saturated rings. The molecule has 0 aromatic heterocycles. The fraction of sp³-hybridized carbons (Fsp3) is 1.00. The SMILES string of the molecule is CCNC(C)C(C)CN1CCC1. The predicted octanol–water partition coefficient (Wildman–Crippen LogP) is 1.33. The van der Waals surface area contributed by atoms with Crippen molar-refractivity contribution < 1.29 is 0 Å². The van der Waals surface area contributed by atoms with Gasteiger partial charge in [0.05, 0.1) is 0 Å². The molecular weight excluding hydrogens is 148 g/mol. The van der Waals surface area contributed by atoms with E-state index in [0.29, 0.717) is 6.04 Å². The van der Waals surface area contributed by atoms with Gasteiger partial charge in [0.1, 0.15) is 0 Å². The fourth-order valence-corrected chi connectivity index (χ4v) is 1.65. The molecule has 0 aromatic carbocycles. The van der Waals surface area contributed by atoms with Crippen LogP contribution in [0.2, 0.25) is 0 Å². The first kappa shape index (κ1) is 10.0. The largest absolute Gasteiger partial charge is 0.314 e. The second-order valence-electron chi connectivity index (χ2n) is 3.98. The molecule has 0 bridgehead atoms. The number of hydrogen-bond acceptors (Lipinski definition) is 2. The Morgan fingerprint density at radius 1 is 1.33 bits per heavy atom. The Kier molecular flexibility index (Phi) is 4.02. The molecule has 72 valence electrons. The smallest absolute Gasteiger partial charge is 0.00764 e. The summed E-state index contributed by atoms with van der Waals surface area (Å²) < 4.78 is 0. The van der Waals surface area contributed by atoms with E-state index in [1.807, 2.05) is 0 Å². The molecule has 2 unspecified atom stereocenters.